The zero-order chi connectivity index (χ0) is 14.8. The van der Waals surface area contributed by atoms with E-state index in [-0.39, 0.29) is 17.6 Å². The van der Waals surface area contributed by atoms with Crippen LogP contribution in [0.2, 0.25) is 10.0 Å². The Labute approximate surface area is 130 Å². The molecule has 1 aliphatic rings. The molecule has 0 aromatic heterocycles. The standard InChI is InChI=1S/C14H19Cl2NO2S/c1-20(18,19)9-11-8-17-6-2-3-12(11)10-4-5-13(15)14(16)7-10/h4-5,7,11-12,17H,2-3,6,8-9H2,1H3. The molecule has 0 spiro atoms. The van der Waals surface area contributed by atoms with Gasteiger partial charge in [-0.05, 0) is 55.5 Å². The number of halogens is 2. The lowest BCUT2D eigenvalue weighted by atomic mass is 9.84. The van der Waals surface area contributed by atoms with Crippen LogP contribution in [0.5, 0.6) is 0 Å². The van der Waals surface area contributed by atoms with Crippen molar-refractivity contribution in [2.24, 2.45) is 5.92 Å². The van der Waals surface area contributed by atoms with Gasteiger partial charge in [-0.25, -0.2) is 8.42 Å². The topological polar surface area (TPSA) is 46.2 Å². The zero-order valence-corrected chi connectivity index (χ0v) is 13.7. The predicted octanol–water partition coefficient (Wildman–Crippen LogP) is 3.12. The van der Waals surface area contributed by atoms with Crippen LogP contribution in [-0.2, 0) is 9.84 Å². The molecule has 2 rings (SSSR count). The fraction of sp³-hybridized carbons (Fsp3) is 0.571. The molecule has 1 aromatic carbocycles. The van der Waals surface area contributed by atoms with Gasteiger partial charge in [-0.1, -0.05) is 29.3 Å². The van der Waals surface area contributed by atoms with Crippen LogP contribution in [0.15, 0.2) is 18.2 Å². The van der Waals surface area contributed by atoms with E-state index >= 15 is 0 Å². The van der Waals surface area contributed by atoms with E-state index < -0.39 is 9.84 Å². The summed E-state index contributed by atoms with van der Waals surface area (Å²) in [6.45, 7) is 1.65. The van der Waals surface area contributed by atoms with E-state index in [9.17, 15) is 8.42 Å². The molecule has 6 heteroatoms. The van der Waals surface area contributed by atoms with Gasteiger partial charge in [0.15, 0.2) is 0 Å². The van der Waals surface area contributed by atoms with E-state index in [1.54, 1.807) is 6.07 Å². The lowest BCUT2D eigenvalue weighted by molar-refractivity contribution is 0.449. The Hall–Kier alpha value is -0.290. The van der Waals surface area contributed by atoms with Gasteiger partial charge in [-0.3, -0.25) is 0 Å². The van der Waals surface area contributed by atoms with Crippen molar-refractivity contribution < 1.29 is 8.42 Å². The first-order valence-electron chi connectivity index (χ1n) is 6.70. The van der Waals surface area contributed by atoms with Crippen molar-refractivity contribution in [1.82, 2.24) is 5.32 Å². The summed E-state index contributed by atoms with van der Waals surface area (Å²) in [5.74, 6) is 0.476. The fourth-order valence-corrected chi connectivity index (χ4v) is 4.29. The fourth-order valence-electron chi connectivity index (χ4n) is 2.86. The first kappa shape index (κ1) is 16.1. The molecule has 1 saturated heterocycles. The summed E-state index contributed by atoms with van der Waals surface area (Å²) in [5, 5.41) is 4.38. The number of rotatable bonds is 3. The van der Waals surface area contributed by atoms with Gasteiger partial charge >= 0.3 is 0 Å². The zero-order valence-electron chi connectivity index (χ0n) is 11.4. The molecule has 2 unspecified atom stereocenters. The number of sulfone groups is 1. The highest BCUT2D eigenvalue weighted by Gasteiger charge is 2.28. The van der Waals surface area contributed by atoms with E-state index in [1.165, 1.54) is 6.26 Å². The largest absolute Gasteiger partial charge is 0.316 e. The molecule has 0 saturated carbocycles. The van der Waals surface area contributed by atoms with Crippen LogP contribution in [0.3, 0.4) is 0 Å². The van der Waals surface area contributed by atoms with Crippen molar-refractivity contribution in [3.8, 4) is 0 Å². The summed E-state index contributed by atoms with van der Waals surface area (Å²) in [5.41, 5.74) is 1.08. The molecule has 2 atom stereocenters. The van der Waals surface area contributed by atoms with Crippen molar-refractivity contribution in [1.29, 1.82) is 0 Å². The van der Waals surface area contributed by atoms with Crippen molar-refractivity contribution in [3.05, 3.63) is 33.8 Å². The highest BCUT2D eigenvalue weighted by molar-refractivity contribution is 7.90. The third kappa shape index (κ3) is 4.35. The molecule has 1 fully saturated rings. The minimum atomic E-state index is -3.00. The molecule has 20 heavy (non-hydrogen) atoms. The lowest BCUT2D eigenvalue weighted by Crippen LogP contribution is -2.29. The third-order valence-corrected chi connectivity index (χ3v) is 5.51. The van der Waals surface area contributed by atoms with Crippen molar-refractivity contribution in [3.63, 3.8) is 0 Å². The molecule has 112 valence electrons. The van der Waals surface area contributed by atoms with Crippen LogP contribution >= 0.6 is 23.2 Å². The van der Waals surface area contributed by atoms with Crippen LogP contribution in [0.1, 0.15) is 24.3 Å². The summed E-state index contributed by atoms with van der Waals surface area (Å²) in [7, 11) is -3.00. The van der Waals surface area contributed by atoms with Crippen LogP contribution < -0.4 is 5.32 Å². The molecule has 1 heterocycles. The van der Waals surface area contributed by atoms with Gasteiger partial charge < -0.3 is 5.32 Å². The number of benzene rings is 1. The first-order chi connectivity index (χ1) is 9.37. The van der Waals surface area contributed by atoms with Crippen LogP contribution in [0, 0.1) is 5.92 Å². The average molecular weight is 336 g/mol. The Morgan fingerprint density at radius 3 is 2.70 bits per heavy atom. The van der Waals surface area contributed by atoms with Crippen molar-refractivity contribution in [2.75, 3.05) is 25.1 Å². The summed E-state index contributed by atoms with van der Waals surface area (Å²) in [6.07, 6.45) is 3.29. The molecular formula is C14H19Cl2NO2S. The van der Waals surface area contributed by atoms with E-state index in [1.807, 2.05) is 12.1 Å². The maximum absolute atomic E-state index is 11.6. The number of nitrogens with one attached hydrogen (secondary N) is 1. The second kappa shape index (κ2) is 6.65. The Kier molecular flexibility index (Phi) is 5.35. The molecule has 0 radical (unpaired) electrons. The average Bonchev–Trinajstić information content (AvgIpc) is 2.56. The summed E-state index contributed by atoms with van der Waals surface area (Å²) in [6, 6.07) is 5.61. The van der Waals surface area contributed by atoms with E-state index in [4.69, 9.17) is 23.2 Å². The summed E-state index contributed by atoms with van der Waals surface area (Å²) >= 11 is 12.0. The Balaban J connectivity index is 2.29. The molecule has 1 aromatic rings. The molecule has 1 N–H and O–H groups in total. The first-order valence-corrected chi connectivity index (χ1v) is 9.52. The summed E-state index contributed by atoms with van der Waals surface area (Å²) < 4.78 is 23.3. The molecule has 1 aliphatic heterocycles. The van der Waals surface area contributed by atoms with E-state index in [0.717, 1.165) is 31.5 Å². The number of hydrogen-bond donors (Lipinski definition) is 1. The molecule has 0 amide bonds. The minimum absolute atomic E-state index is 0.0738. The van der Waals surface area contributed by atoms with Crippen molar-refractivity contribution in [2.45, 2.75) is 18.8 Å². The molecule has 0 bridgehead atoms. The highest BCUT2D eigenvalue weighted by Crippen LogP contribution is 2.34. The van der Waals surface area contributed by atoms with Gasteiger partial charge in [0.1, 0.15) is 9.84 Å². The smallest absolute Gasteiger partial charge is 0.147 e. The molecule has 0 aliphatic carbocycles. The van der Waals surface area contributed by atoms with Gasteiger partial charge in [-0.15, -0.1) is 0 Å². The Bertz CT molecular complexity index is 575. The second-order valence-electron chi connectivity index (χ2n) is 5.48. The Morgan fingerprint density at radius 1 is 1.30 bits per heavy atom. The normalized spacial score (nSPS) is 24.4. The van der Waals surface area contributed by atoms with Gasteiger partial charge in [-0.2, -0.15) is 0 Å². The van der Waals surface area contributed by atoms with Gasteiger partial charge in [0, 0.05) is 6.26 Å². The van der Waals surface area contributed by atoms with Crippen LogP contribution in [0.4, 0.5) is 0 Å². The van der Waals surface area contributed by atoms with Gasteiger partial charge in [0.25, 0.3) is 0 Å². The molecular weight excluding hydrogens is 317 g/mol. The number of hydrogen-bond acceptors (Lipinski definition) is 3. The maximum Gasteiger partial charge on any atom is 0.147 e. The maximum atomic E-state index is 11.6. The highest BCUT2D eigenvalue weighted by atomic mass is 35.5. The van der Waals surface area contributed by atoms with Gasteiger partial charge in [0.05, 0.1) is 15.8 Å². The minimum Gasteiger partial charge on any atom is -0.316 e. The Morgan fingerprint density at radius 2 is 2.05 bits per heavy atom. The van der Waals surface area contributed by atoms with Crippen LogP contribution in [-0.4, -0.2) is 33.5 Å². The SMILES string of the molecule is CS(=O)(=O)CC1CNCCCC1c1ccc(Cl)c(Cl)c1. The van der Waals surface area contributed by atoms with Gasteiger partial charge in [0.2, 0.25) is 0 Å². The van der Waals surface area contributed by atoms with Crippen molar-refractivity contribution >= 4 is 33.0 Å². The van der Waals surface area contributed by atoms with E-state index in [2.05, 4.69) is 5.32 Å². The van der Waals surface area contributed by atoms with Crippen LogP contribution in [0.25, 0.3) is 0 Å². The quantitative estimate of drug-likeness (QED) is 0.922. The molecule has 3 nitrogen and oxygen atoms in total. The van der Waals surface area contributed by atoms with E-state index in [0.29, 0.717) is 10.0 Å². The summed E-state index contributed by atoms with van der Waals surface area (Å²) in [4.78, 5) is 0. The lowest BCUT2D eigenvalue weighted by Gasteiger charge is -2.25. The second-order valence-corrected chi connectivity index (χ2v) is 8.48. The predicted molar refractivity (Wildman–Crippen MR) is 84.5 cm³/mol. The third-order valence-electron chi connectivity index (χ3n) is 3.73. The monoisotopic (exact) mass is 335 g/mol.